The lowest BCUT2D eigenvalue weighted by Gasteiger charge is -2.06. The number of hydrogen-bond acceptors (Lipinski definition) is 3. The minimum atomic E-state index is 0.309. The van der Waals surface area contributed by atoms with Gasteiger partial charge in [-0.3, -0.25) is 10.6 Å². The molecule has 64 valence electrons. The Kier molecular flexibility index (Phi) is 3.08. The molecule has 1 rings (SSSR count). The summed E-state index contributed by atoms with van der Waals surface area (Å²) in [5.41, 5.74) is 4.33. The predicted molar refractivity (Wildman–Crippen MR) is 49.2 cm³/mol. The predicted octanol–water partition coefficient (Wildman–Crippen LogP) is 1.52. The Morgan fingerprint density at radius 1 is 1.58 bits per heavy atom. The minimum Gasteiger partial charge on any atom is -0.323 e. The number of nitrogen functional groups attached to an aromatic ring is 1. The van der Waals surface area contributed by atoms with E-state index in [1.807, 2.05) is 0 Å². The molecular formula is C8H9ClN2O. The smallest absolute Gasteiger partial charge is 0.152 e. The molecule has 0 fully saturated rings. The molecule has 1 aromatic carbocycles. The summed E-state index contributed by atoms with van der Waals surface area (Å²) >= 11 is 5.61. The van der Waals surface area contributed by atoms with Crippen LogP contribution >= 0.6 is 11.6 Å². The zero-order valence-corrected chi connectivity index (χ0v) is 7.14. The summed E-state index contributed by atoms with van der Waals surface area (Å²) in [5.74, 6) is 5.51. The van der Waals surface area contributed by atoms with Gasteiger partial charge in [0.05, 0.1) is 5.69 Å². The van der Waals surface area contributed by atoms with Gasteiger partial charge in [-0.25, -0.2) is 0 Å². The van der Waals surface area contributed by atoms with E-state index in [9.17, 15) is 4.79 Å². The van der Waals surface area contributed by atoms with Crippen LogP contribution < -0.4 is 11.3 Å². The fourth-order valence-corrected chi connectivity index (χ4v) is 1.23. The van der Waals surface area contributed by atoms with Crippen LogP contribution in [0, 0.1) is 0 Å². The van der Waals surface area contributed by atoms with Crippen molar-refractivity contribution in [2.24, 2.45) is 5.84 Å². The average Bonchev–Trinajstić information content (AvgIpc) is 2.16. The number of benzene rings is 1. The van der Waals surface area contributed by atoms with Gasteiger partial charge in [-0.05, 0) is 11.6 Å². The number of anilines is 1. The van der Waals surface area contributed by atoms with Crippen molar-refractivity contribution in [2.75, 3.05) is 5.43 Å². The highest BCUT2D eigenvalue weighted by Gasteiger charge is 2.04. The molecular weight excluding hydrogens is 176 g/mol. The maximum Gasteiger partial charge on any atom is 0.152 e. The van der Waals surface area contributed by atoms with Crippen LogP contribution in [0.3, 0.4) is 0 Å². The maximum atomic E-state index is 10.6. The van der Waals surface area contributed by atoms with Gasteiger partial charge in [-0.1, -0.05) is 12.1 Å². The van der Waals surface area contributed by atoms with Gasteiger partial charge in [0, 0.05) is 11.4 Å². The van der Waals surface area contributed by atoms with Gasteiger partial charge in [-0.15, -0.1) is 11.6 Å². The standard InChI is InChI=1S/C8H9ClN2O/c9-4-6-2-1-3-8(11-10)7(6)5-12/h1-3,5,11H,4,10H2. The molecule has 0 aliphatic rings. The Morgan fingerprint density at radius 2 is 2.33 bits per heavy atom. The minimum absolute atomic E-state index is 0.309. The summed E-state index contributed by atoms with van der Waals surface area (Å²) in [7, 11) is 0. The molecule has 0 radical (unpaired) electrons. The van der Waals surface area contributed by atoms with Crippen molar-refractivity contribution >= 4 is 23.6 Å². The molecule has 0 aliphatic heterocycles. The lowest BCUT2D eigenvalue weighted by molar-refractivity contribution is 0.112. The molecule has 12 heavy (non-hydrogen) atoms. The van der Waals surface area contributed by atoms with Gasteiger partial charge in [0.15, 0.2) is 6.29 Å². The topological polar surface area (TPSA) is 55.1 Å². The SMILES string of the molecule is NNc1cccc(CCl)c1C=O. The molecule has 4 heteroatoms. The zero-order chi connectivity index (χ0) is 8.97. The van der Waals surface area contributed by atoms with Gasteiger partial charge in [0.1, 0.15) is 0 Å². The summed E-state index contributed by atoms with van der Waals surface area (Å²) in [6, 6.07) is 5.30. The maximum absolute atomic E-state index is 10.6. The Balaban J connectivity index is 3.21. The third kappa shape index (κ3) is 1.57. The van der Waals surface area contributed by atoms with E-state index in [2.05, 4.69) is 5.43 Å². The number of nitrogens with one attached hydrogen (secondary N) is 1. The largest absolute Gasteiger partial charge is 0.323 e. The first-order chi connectivity index (χ1) is 5.83. The van der Waals surface area contributed by atoms with Gasteiger partial charge in [-0.2, -0.15) is 0 Å². The zero-order valence-electron chi connectivity index (χ0n) is 6.38. The normalized spacial score (nSPS) is 9.50. The van der Waals surface area contributed by atoms with Crippen LogP contribution in [-0.2, 0) is 5.88 Å². The first-order valence-corrected chi connectivity index (χ1v) is 3.96. The number of halogens is 1. The van der Waals surface area contributed by atoms with E-state index in [0.29, 0.717) is 17.1 Å². The highest BCUT2D eigenvalue weighted by molar-refractivity contribution is 6.17. The van der Waals surface area contributed by atoms with Crippen LogP contribution in [0.5, 0.6) is 0 Å². The van der Waals surface area contributed by atoms with Crippen LogP contribution in [-0.4, -0.2) is 6.29 Å². The average molecular weight is 185 g/mol. The molecule has 0 heterocycles. The Hall–Kier alpha value is -1.06. The molecule has 0 unspecified atom stereocenters. The fraction of sp³-hybridized carbons (Fsp3) is 0.125. The van der Waals surface area contributed by atoms with E-state index in [0.717, 1.165) is 11.8 Å². The molecule has 1 aromatic rings. The van der Waals surface area contributed by atoms with Gasteiger partial charge < -0.3 is 5.43 Å². The van der Waals surface area contributed by atoms with E-state index in [1.165, 1.54) is 0 Å². The van der Waals surface area contributed by atoms with Gasteiger partial charge in [0.2, 0.25) is 0 Å². The van der Waals surface area contributed by atoms with Gasteiger partial charge in [0.25, 0.3) is 0 Å². The Bertz CT molecular complexity index is 266. The second kappa shape index (κ2) is 4.09. The summed E-state index contributed by atoms with van der Waals surface area (Å²) in [6.45, 7) is 0. The summed E-state index contributed by atoms with van der Waals surface area (Å²) in [6.07, 6.45) is 0.743. The first-order valence-electron chi connectivity index (χ1n) is 3.43. The Labute approximate surface area is 75.5 Å². The number of hydrazine groups is 1. The third-order valence-electron chi connectivity index (χ3n) is 1.61. The number of alkyl halides is 1. The molecule has 0 saturated carbocycles. The van der Waals surface area contributed by atoms with Crippen molar-refractivity contribution in [2.45, 2.75) is 5.88 Å². The summed E-state index contributed by atoms with van der Waals surface area (Å²) in [4.78, 5) is 10.6. The number of carbonyl (C=O) groups excluding carboxylic acids is 1. The molecule has 0 bridgehead atoms. The van der Waals surface area contributed by atoms with Crippen molar-refractivity contribution in [1.29, 1.82) is 0 Å². The first kappa shape index (κ1) is 9.03. The number of aldehydes is 1. The highest BCUT2D eigenvalue weighted by Crippen LogP contribution is 2.18. The van der Waals surface area contributed by atoms with Crippen LogP contribution in [0.2, 0.25) is 0 Å². The molecule has 0 saturated heterocycles. The monoisotopic (exact) mass is 184 g/mol. The van der Waals surface area contributed by atoms with E-state index < -0.39 is 0 Å². The van der Waals surface area contributed by atoms with Crippen LogP contribution in [0.15, 0.2) is 18.2 Å². The molecule has 3 N–H and O–H groups in total. The fourth-order valence-electron chi connectivity index (χ4n) is 0.995. The number of carbonyl (C=O) groups is 1. The van der Waals surface area contributed by atoms with E-state index in [-0.39, 0.29) is 0 Å². The molecule has 0 atom stereocenters. The lowest BCUT2D eigenvalue weighted by atomic mass is 10.1. The number of rotatable bonds is 3. The summed E-state index contributed by atoms with van der Waals surface area (Å²) < 4.78 is 0. The Morgan fingerprint density at radius 3 is 2.83 bits per heavy atom. The quantitative estimate of drug-likeness (QED) is 0.324. The highest BCUT2D eigenvalue weighted by atomic mass is 35.5. The lowest BCUT2D eigenvalue weighted by Crippen LogP contribution is -2.09. The van der Waals surface area contributed by atoms with E-state index in [4.69, 9.17) is 17.4 Å². The number of nitrogens with two attached hydrogens (primary N) is 1. The third-order valence-corrected chi connectivity index (χ3v) is 1.90. The van der Waals surface area contributed by atoms with Crippen molar-refractivity contribution in [1.82, 2.24) is 0 Å². The van der Waals surface area contributed by atoms with E-state index >= 15 is 0 Å². The second-order valence-electron chi connectivity index (χ2n) is 2.27. The molecule has 3 nitrogen and oxygen atoms in total. The van der Waals surface area contributed by atoms with Crippen LogP contribution in [0.4, 0.5) is 5.69 Å². The molecule has 0 spiro atoms. The summed E-state index contributed by atoms with van der Waals surface area (Å²) in [5, 5.41) is 0. The molecule has 0 aliphatic carbocycles. The second-order valence-corrected chi connectivity index (χ2v) is 2.54. The van der Waals surface area contributed by atoms with Crippen LogP contribution in [0.1, 0.15) is 15.9 Å². The van der Waals surface area contributed by atoms with Gasteiger partial charge >= 0.3 is 0 Å². The van der Waals surface area contributed by atoms with E-state index in [1.54, 1.807) is 18.2 Å². The van der Waals surface area contributed by atoms with Crippen LogP contribution in [0.25, 0.3) is 0 Å². The molecule has 0 amide bonds. The number of hydrogen-bond donors (Lipinski definition) is 2. The van der Waals surface area contributed by atoms with Crippen molar-refractivity contribution < 1.29 is 4.79 Å². The van der Waals surface area contributed by atoms with Crippen molar-refractivity contribution in [3.8, 4) is 0 Å². The van der Waals surface area contributed by atoms with Crippen molar-refractivity contribution in [3.63, 3.8) is 0 Å². The molecule has 0 aromatic heterocycles. The van der Waals surface area contributed by atoms with Crippen molar-refractivity contribution in [3.05, 3.63) is 29.3 Å².